The average Bonchev–Trinajstić information content (AvgIpc) is 2.80. The normalized spacial score (nSPS) is 26.5. The number of aromatic nitrogens is 2. The highest BCUT2D eigenvalue weighted by atomic mass is 79.9. The van der Waals surface area contributed by atoms with E-state index in [0.717, 1.165) is 56.2 Å². The van der Waals surface area contributed by atoms with Crippen molar-refractivity contribution in [1.29, 1.82) is 0 Å². The minimum Gasteiger partial charge on any atom is -0.382 e. The van der Waals surface area contributed by atoms with Gasteiger partial charge in [-0.25, -0.2) is 18.4 Å². The summed E-state index contributed by atoms with van der Waals surface area (Å²) in [6.45, 7) is 2.75. The number of nitrogens with zero attached hydrogens (tertiary/aromatic N) is 4. The quantitative estimate of drug-likeness (QED) is 0.495. The minimum absolute atomic E-state index is 0.118. The van der Waals surface area contributed by atoms with E-state index in [9.17, 15) is 8.42 Å². The maximum absolute atomic E-state index is 13.8. The fourth-order valence-corrected chi connectivity index (χ4v) is 8.56. The Hall–Kier alpha value is -1.26. The second-order valence-electron chi connectivity index (χ2n) is 9.88. The largest absolute Gasteiger partial charge is 0.382 e. The summed E-state index contributed by atoms with van der Waals surface area (Å²) in [5.41, 5.74) is 1.86. The Kier molecular flexibility index (Phi) is 7.89. The molecule has 0 amide bonds. The molecule has 0 spiro atoms. The smallest absolute Gasteiger partial charge is 0.246 e. The summed E-state index contributed by atoms with van der Waals surface area (Å²) in [7, 11) is 0.451. The number of benzene rings is 1. The highest BCUT2D eigenvalue weighted by Gasteiger charge is 2.37. The minimum atomic E-state index is -3.83. The molecular formula is C24H33BrClN5O2S. The molecule has 0 radical (unpaired) electrons. The second-order valence-corrected chi connectivity index (χ2v) is 13.0. The predicted octanol–water partition coefficient (Wildman–Crippen LogP) is 5.48. The Morgan fingerprint density at radius 1 is 1.15 bits per heavy atom. The molecule has 1 atom stereocenters. The predicted molar refractivity (Wildman–Crippen MR) is 140 cm³/mol. The topological polar surface area (TPSA) is 78.4 Å². The molecule has 2 heterocycles. The van der Waals surface area contributed by atoms with Crippen LogP contribution in [0.3, 0.4) is 0 Å². The summed E-state index contributed by atoms with van der Waals surface area (Å²) in [4.78, 5) is 10.6. The number of anilines is 1. The van der Waals surface area contributed by atoms with Crippen LogP contribution in [0.25, 0.3) is 0 Å². The molecule has 1 aliphatic heterocycles. The van der Waals surface area contributed by atoms with E-state index in [-0.39, 0.29) is 21.5 Å². The second kappa shape index (κ2) is 10.4. The molecule has 1 saturated heterocycles. The maximum Gasteiger partial charge on any atom is 0.246 e. The molecule has 34 heavy (non-hydrogen) atoms. The molecule has 2 fully saturated rings. The summed E-state index contributed by atoms with van der Waals surface area (Å²) in [5, 5.41) is 3.80. The number of rotatable bonds is 6. The molecule has 2 aliphatic rings. The Bertz CT molecular complexity index is 1080. The van der Waals surface area contributed by atoms with Crippen LogP contribution in [-0.4, -0.2) is 59.8 Å². The third-order valence-corrected chi connectivity index (χ3v) is 10.8. The molecule has 0 bridgehead atoms. The van der Waals surface area contributed by atoms with Crippen LogP contribution >= 0.6 is 27.5 Å². The van der Waals surface area contributed by atoms with Gasteiger partial charge in [0, 0.05) is 46.2 Å². The molecule has 1 aromatic carbocycles. The van der Waals surface area contributed by atoms with E-state index in [2.05, 4.69) is 57.1 Å². The van der Waals surface area contributed by atoms with E-state index in [1.807, 2.05) is 6.07 Å². The third-order valence-electron chi connectivity index (χ3n) is 7.50. The van der Waals surface area contributed by atoms with Crippen molar-refractivity contribution in [3.8, 4) is 0 Å². The molecule has 1 unspecified atom stereocenters. The third kappa shape index (κ3) is 5.28. The van der Waals surface area contributed by atoms with Gasteiger partial charge in [-0.05, 0) is 87.6 Å². The van der Waals surface area contributed by atoms with Crippen LogP contribution < -0.4 is 5.32 Å². The lowest BCUT2D eigenvalue weighted by atomic mass is 9.80. The van der Waals surface area contributed by atoms with Gasteiger partial charge in [-0.3, -0.25) is 0 Å². The molecule has 4 rings (SSSR count). The molecular weight excluding hydrogens is 538 g/mol. The Morgan fingerprint density at radius 3 is 2.44 bits per heavy atom. The standard InChI is InChI=1S/C24H33BrClN5O2S/c1-24(30(2)3)9-7-18(8-10-24)29-19-12-20(25)23(21(26)13-19)34(32,33)31-11-5-4-6-22(31)17-14-27-16-28-15-17/h12-16,18,22,29H,4-11H2,1-3H3. The van der Waals surface area contributed by atoms with Crippen LogP contribution in [0, 0.1) is 0 Å². The molecule has 2 aromatic rings. The highest BCUT2D eigenvalue weighted by Crippen LogP contribution is 2.41. The number of sulfonamides is 1. The van der Waals surface area contributed by atoms with E-state index in [1.54, 1.807) is 22.8 Å². The van der Waals surface area contributed by atoms with Crippen molar-refractivity contribution in [3.63, 3.8) is 0 Å². The monoisotopic (exact) mass is 569 g/mol. The van der Waals surface area contributed by atoms with Gasteiger partial charge in [0.15, 0.2) is 0 Å². The molecule has 1 aliphatic carbocycles. The maximum atomic E-state index is 13.8. The molecule has 186 valence electrons. The summed E-state index contributed by atoms with van der Waals surface area (Å²) >= 11 is 10.1. The van der Waals surface area contributed by atoms with Gasteiger partial charge in [0.1, 0.15) is 11.2 Å². The van der Waals surface area contributed by atoms with Gasteiger partial charge in [0.2, 0.25) is 10.0 Å². The first-order chi connectivity index (χ1) is 16.1. The first-order valence-electron chi connectivity index (χ1n) is 11.8. The zero-order valence-corrected chi connectivity index (χ0v) is 23.1. The van der Waals surface area contributed by atoms with Crippen LogP contribution in [0.2, 0.25) is 5.02 Å². The fraction of sp³-hybridized carbons (Fsp3) is 0.583. The first kappa shape index (κ1) is 25.8. The van der Waals surface area contributed by atoms with Gasteiger partial charge < -0.3 is 10.2 Å². The number of piperidine rings is 1. The van der Waals surface area contributed by atoms with Crippen LogP contribution in [0.1, 0.15) is 63.5 Å². The van der Waals surface area contributed by atoms with Crippen LogP contribution in [-0.2, 0) is 10.0 Å². The van der Waals surface area contributed by atoms with E-state index in [0.29, 0.717) is 17.1 Å². The summed E-state index contributed by atoms with van der Waals surface area (Å²) in [6, 6.07) is 3.61. The van der Waals surface area contributed by atoms with Gasteiger partial charge in [0.25, 0.3) is 0 Å². The van der Waals surface area contributed by atoms with Gasteiger partial charge >= 0.3 is 0 Å². The van der Waals surface area contributed by atoms with E-state index in [4.69, 9.17) is 11.6 Å². The molecule has 1 aromatic heterocycles. The van der Waals surface area contributed by atoms with Crippen molar-refractivity contribution in [2.45, 2.75) is 74.4 Å². The zero-order valence-electron chi connectivity index (χ0n) is 20.0. The lowest BCUT2D eigenvalue weighted by Crippen LogP contribution is -2.46. The number of hydrogen-bond acceptors (Lipinski definition) is 6. The van der Waals surface area contributed by atoms with Gasteiger partial charge in [-0.2, -0.15) is 4.31 Å². The zero-order chi connectivity index (χ0) is 24.5. The first-order valence-corrected chi connectivity index (χ1v) is 14.4. The van der Waals surface area contributed by atoms with E-state index >= 15 is 0 Å². The van der Waals surface area contributed by atoms with Crippen LogP contribution in [0.5, 0.6) is 0 Å². The number of hydrogen-bond donors (Lipinski definition) is 1. The average molecular weight is 571 g/mol. The Balaban J connectivity index is 1.55. The summed E-state index contributed by atoms with van der Waals surface area (Å²) in [5.74, 6) is 0. The molecule has 10 heteroatoms. The summed E-state index contributed by atoms with van der Waals surface area (Å²) < 4.78 is 29.6. The fourth-order valence-electron chi connectivity index (χ4n) is 5.08. The highest BCUT2D eigenvalue weighted by molar-refractivity contribution is 9.10. The lowest BCUT2D eigenvalue weighted by Gasteiger charge is -2.42. The molecule has 7 nitrogen and oxygen atoms in total. The van der Waals surface area contributed by atoms with Crippen molar-refractivity contribution in [1.82, 2.24) is 19.2 Å². The lowest BCUT2D eigenvalue weighted by molar-refractivity contribution is 0.116. The van der Waals surface area contributed by atoms with E-state index in [1.165, 1.54) is 6.33 Å². The Morgan fingerprint density at radius 2 is 1.82 bits per heavy atom. The summed E-state index contributed by atoms with van der Waals surface area (Å²) in [6.07, 6.45) is 11.7. The number of nitrogens with one attached hydrogen (secondary N) is 1. The van der Waals surface area contributed by atoms with E-state index < -0.39 is 10.0 Å². The van der Waals surface area contributed by atoms with Crippen molar-refractivity contribution < 1.29 is 8.42 Å². The van der Waals surface area contributed by atoms with Crippen molar-refractivity contribution in [2.75, 3.05) is 26.0 Å². The van der Waals surface area contributed by atoms with Crippen molar-refractivity contribution in [3.05, 3.63) is 45.9 Å². The van der Waals surface area contributed by atoms with Gasteiger partial charge in [-0.15, -0.1) is 0 Å². The van der Waals surface area contributed by atoms with Gasteiger partial charge in [0.05, 0.1) is 11.1 Å². The van der Waals surface area contributed by atoms with Crippen molar-refractivity contribution >= 4 is 43.2 Å². The Labute approximate surface area is 216 Å². The molecule has 1 saturated carbocycles. The van der Waals surface area contributed by atoms with Gasteiger partial charge in [-0.1, -0.05) is 18.0 Å². The van der Waals surface area contributed by atoms with Crippen LogP contribution in [0.15, 0.2) is 40.2 Å². The number of halogens is 2. The van der Waals surface area contributed by atoms with Crippen LogP contribution in [0.4, 0.5) is 5.69 Å². The SMILES string of the molecule is CN(C)C1(C)CCC(Nc2cc(Cl)c(S(=O)(=O)N3CCCCC3c3cncnc3)c(Br)c2)CC1. The molecule has 1 N–H and O–H groups in total. The van der Waals surface area contributed by atoms with Crippen molar-refractivity contribution in [2.24, 2.45) is 0 Å².